The number of carbonyl (C=O) groups is 1. The quantitative estimate of drug-likeness (QED) is 0.419. The molecule has 1 heterocycles. The highest BCUT2D eigenvalue weighted by molar-refractivity contribution is 5.89. The largest absolute Gasteiger partial charge is 0.494 e. The second kappa shape index (κ2) is 11.4. The molecular weight excluding hydrogens is 457 g/mol. The van der Waals surface area contributed by atoms with Gasteiger partial charge in [0.1, 0.15) is 11.9 Å². The highest BCUT2D eigenvalue weighted by Gasteiger charge is 2.29. The number of fused-ring (bicyclic) bond motifs is 1. The maximum absolute atomic E-state index is 13.6. The molecule has 0 fully saturated rings. The number of para-hydroxylation sites is 1. The maximum Gasteiger partial charge on any atom is 0.335 e. The number of aromatic carboxylic acids is 1. The van der Waals surface area contributed by atoms with Crippen molar-refractivity contribution in [3.63, 3.8) is 0 Å². The lowest BCUT2D eigenvalue weighted by Gasteiger charge is -2.33. The van der Waals surface area contributed by atoms with Crippen molar-refractivity contribution >= 4 is 18.4 Å². The normalized spacial score (nSPS) is 16.7. The van der Waals surface area contributed by atoms with Crippen LogP contribution in [0.3, 0.4) is 0 Å². The minimum atomic E-state index is -0.910. The lowest BCUT2D eigenvalue weighted by Crippen LogP contribution is -2.36. The average Bonchev–Trinajstić information content (AvgIpc) is 2.82. The van der Waals surface area contributed by atoms with E-state index in [-0.39, 0.29) is 36.0 Å². The van der Waals surface area contributed by atoms with Gasteiger partial charge < -0.3 is 19.9 Å². The molecule has 0 saturated carbocycles. The second-order valence-electron chi connectivity index (χ2n) is 8.37. The van der Waals surface area contributed by atoms with Crippen LogP contribution in [0.15, 0.2) is 60.7 Å². The first-order chi connectivity index (χ1) is 16.0. The van der Waals surface area contributed by atoms with Crippen molar-refractivity contribution < 1.29 is 23.8 Å². The predicted octanol–water partition coefficient (Wildman–Crippen LogP) is 5.38. The zero-order chi connectivity index (χ0) is 23.4. The Bertz CT molecular complexity index is 1150. The van der Waals surface area contributed by atoms with Gasteiger partial charge in [-0.05, 0) is 67.3 Å². The average molecular weight is 486 g/mol. The maximum atomic E-state index is 13.6. The predicted molar refractivity (Wildman–Crippen MR) is 132 cm³/mol. The van der Waals surface area contributed by atoms with Gasteiger partial charge >= 0.3 is 5.97 Å². The third-order valence-electron chi connectivity index (χ3n) is 6.15. The van der Waals surface area contributed by atoms with Crippen molar-refractivity contribution in [2.75, 3.05) is 20.2 Å². The summed E-state index contributed by atoms with van der Waals surface area (Å²) in [7, 11) is 1.46. The third-order valence-corrected chi connectivity index (χ3v) is 6.15. The van der Waals surface area contributed by atoms with Gasteiger partial charge in [0.05, 0.1) is 12.7 Å². The van der Waals surface area contributed by atoms with Crippen LogP contribution in [0.5, 0.6) is 11.5 Å². The van der Waals surface area contributed by atoms with Crippen LogP contribution in [-0.4, -0.2) is 37.4 Å². The van der Waals surface area contributed by atoms with E-state index < -0.39 is 5.97 Å². The highest BCUT2D eigenvalue weighted by Crippen LogP contribution is 2.40. The summed E-state index contributed by atoms with van der Waals surface area (Å²) in [6.45, 7) is 3.24. The molecule has 7 heteroatoms. The molecule has 1 aliphatic heterocycles. The summed E-state index contributed by atoms with van der Waals surface area (Å²) in [4.78, 5) is 11.4. The van der Waals surface area contributed by atoms with E-state index in [1.54, 1.807) is 18.2 Å². The molecule has 34 heavy (non-hydrogen) atoms. The van der Waals surface area contributed by atoms with E-state index in [2.05, 4.69) is 11.4 Å². The van der Waals surface area contributed by atoms with Crippen molar-refractivity contribution in [2.24, 2.45) is 0 Å². The number of hydrogen-bond acceptors (Lipinski definition) is 4. The Morgan fingerprint density at radius 3 is 2.71 bits per heavy atom. The van der Waals surface area contributed by atoms with Crippen LogP contribution < -0.4 is 14.8 Å². The molecule has 0 saturated heterocycles. The van der Waals surface area contributed by atoms with Crippen LogP contribution in [0.25, 0.3) is 0 Å². The first-order valence-electron chi connectivity index (χ1n) is 11.1. The summed E-state index contributed by atoms with van der Waals surface area (Å²) in [6, 6.07) is 18.5. The molecule has 3 aromatic rings. The van der Waals surface area contributed by atoms with Gasteiger partial charge in [-0.1, -0.05) is 36.4 Å². The monoisotopic (exact) mass is 485 g/mol. The molecule has 0 spiro atoms. The first kappa shape index (κ1) is 25.5. The molecule has 2 atom stereocenters. The van der Waals surface area contributed by atoms with Gasteiger partial charge in [0.25, 0.3) is 0 Å². The van der Waals surface area contributed by atoms with Crippen molar-refractivity contribution in [2.45, 2.75) is 31.8 Å². The molecule has 1 aliphatic rings. The third kappa shape index (κ3) is 5.69. The second-order valence-corrected chi connectivity index (χ2v) is 8.37. The molecule has 3 aromatic carbocycles. The fraction of sp³-hybridized carbons (Fsp3) is 0.296. The van der Waals surface area contributed by atoms with Crippen LogP contribution in [-0.2, 0) is 6.42 Å². The van der Waals surface area contributed by atoms with Gasteiger partial charge in [0, 0.05) is 18.0 Å². The number of halogens is 2. The number of rotatable bonds is 8. The summed E-state index contributed by atoms with van der Waals surface area (Å²) >= 11 is 0. The van der Waals surface area contributed by atoms with E-state index in [4.69, 9.17) is 9.47 Å². The molecule has 5 nitrogen and oxygen atoms in total. The summed E-state index contributed by atoms with van der Waals surface area (Å²) in [6.07, 6.45) is 1.52. The molecule has 0 amide bonds. The van der Waals surface area contributed by atoms with Crippen LogP contribution >= 0.6 is 12.4 Å². The van der Waals surface area contributed by atoms with Crippen molar-refractivity contribution in [1.29, 1.82) is 0 Å². The van der Waals surface area contributed by atoms with Crippen molar-refractivity contribution in [3.05, 3.63) is 94.3 Å². The van der Waals surface area contributed by atoms with E-state index in [0.29, 0.717) is 12.1 Å². The van der Waals surface area contributed by atoms with E-state index >= 15 is 0 Å². The number of ether oxygens (including phenoxy) is 2. The molecule has 0 unspecified atom stereocenters. The molecular formula is C27H29ClFNO4. The molecule has 0 radical (unpaired) electrons. The van der Waals surface area contributed by atoms with Crippen LogP contribution in [0.1, 0.15) is 45.0 Å². The number of nitrogens with one attached hydrogen (secondary N) is 1. The van der Waals surface area contributed by atoms with E-state index in [0.717, 1.165) is 47.4 Å². The van der Waals surface area contributed by atoms with Gasteiger partial charge in [-0.2, -0.15) is 0 Å². The Labute approximate surface area is 205 Å². The summed E-state index contributed by atoms with van der Waals surface area (Å²) in [5.41, 5.74) is 4.30. The zero-order valence-corrected chi connectivity index (χ0v) is 20.0. The van der Waals surface area contributed by atoms with Gasteiger partial charge in [-0.25, -0.2) is 9.18 Å². The topological polar surface area (TPSA) is 67.8 Å². The lowest BCUT2D eigenvalue weighted by molar-refractivity contribution is 0.0696. The van der Waals surface area contributed by atoms with Crippen LogP contribution in [0, 0.1) is 12.7 Å². The van der Waals surface area contributed by atoms with Gasteiger partial charge in [0.15, 0.2) is 11.6 Å². The Balaban J connectivity index is 0.00000324. The number of carboxylic acids is 1. The summed E-state index contributed by atoms with van der Waals surface area (Å²) in [5.74, 6) is -0.0198. The molecule has 0 aromatic heterocycles. The fourth-order valence-electron chi connectivity index (χ4n) is 4.43. The van der Waals surface area contributed by atoms with Crippen LogP contribution in [0.2, 0.25) is 0 Å². The van der Waals surface area contributed by atoms with Crippen molar-refractivity contribution in [3.8, 4) is 11.5 Å². The van der Waals surface area contributed by atoms with Gasteiger partial charge in [-0.15, -0.1) is 12.4 Å². The highest BCUT2D eigenvalue weighted by atomic mass is 35.5. The summed E-state index contributed by atoms with van der Waals surface area (Å²) < 4.78 is 24.9. The van der Waals surface area contributed by atoms with Gasteiger partial charge in [-0.3, -0.25) is 0 Å². The lowest BCUT2D eigenvalue weighted by atomic mass is 9.83. The zero-order valence-electron chi connectivity index (χ0n) is 19.2. The SMILES string of the molecule is COc1cc(CCNC[C@H]2C[C@@H](c3ccc(C(=O)O)c(C)c3)c3ccccc3O2)ccc1F.Cl. The van der Waals surface area contributed by atoms with Crippen molar-refractivity contribution in [1.82, 2.24) is 5.32 Å². The Kier molecular flexibility index (Phi) is 8.53. The Morgan fingerprint density at radius 1 is 1.18 bits per heavy atom. The van der Waals surface area contributed by atoms with Gasteiger partial charge in [0.2, 0.25) is 0 Å². The number of methoxy groups -OCH3 is 1. The smallest absolute Gasteiger partial charge is 0.335 e. The number of hydrogen-bond donors (Lipinski definition) is 2. The Morgan fingerprint density at radius 2 is 1.97 bits per heavy atom. The Hall–Kier alpha value is -3.09. The first-order valence-corrected chi connectivity index (χ1v) is 11.1. The van der Waals surface area contributed by atoms with E-state index in [9.17, 15) is 14.3 Å². The molecule has 2 N–H and O–H groups in total. The standard InChI is InChI=1S/C27H28FNO4.ClH/c1-17-13-19(8-9-21(17)27(30)31)23-15-20(33-25-6-4-3-5-22(23)25)16-29-12-11-18-7-10-24(28)26(14-18)32-2;/h3-10,13-14,20,23,29H,11-12,15-16H2,1-2H3,(H,30,31);1H/t20-,23+;/m1./s1. The fourth-order valence-corrected chi connectivity index (χ4v) is 4.43. The minimum absolute atomic E-state index is 0. The molecule has 0 bridgehead atoms. The minimum Gasteiger partial charge on any atom is -0.494 e. The molecule has 4 rings (SSSR count). The van der Waals surface area contributed by atoms with E-state index in [1.807, 2.05) is 37.3 Å². The molecule has 180 valence electrons. The number of benzene rings is 3. The summed E-state index contributed by atoms with van der Waals surface area (Å²) in [5, 5.41) is 12.8. The van der Waals surface area contributed by atoms with Crippen LogP contribution in [0.4, 0.5) is 4.39 Å². The number of aryl methyl sites for hydroxylation is 1. The number of carboxylic acid groups (broad SMARTS) is 1. The van der Waals surface area contributed by atoms with E-state index in [1.165, 1.54) is 13.2 Å². The molecule has 0 aliphatic carbocycles.